The van der Waals surface area contributed by atoms with Gasteiger partial charge in [-0.25, -0.2) is 4.79 Å². The van der Waals surface area contributed by atoms with Gasteiger partial charge in [0.15, 0.2) is 11.5 Å². The number of fused-ring (bicyclic) bond motifs is 3. The van der Waals surface area contributed by atoms with Crippen LogP contribution in [-0.4, -0.2) is 46.8 Å². The van der Waals surface area contributed by atoms with Gasteiger partial charge >= 0.3 is 5.97 Å². The molecule has 1 unspecified atom stereocenters. The van der Waals surface area contributed by atoms with E-state index in [0.29, 0.717) is 10.8 Å². The van der Waals surface area contributed by atoms with Crippen molar-refractivity contribution in [2.75, 3.05) is 24.6 Å². The van der Waals surface area contributed by atoms with E-state index in [4.69, 9.17) is 4.74 Å². The van der Waals surface area contributed by atoms with Crippen LogP contribution in [0.15, 0.2) is 130 Å². The molecule has 3 aliphatic rings. The number of carbonyl (C=O) groups excluding carboxylic acids is 1. The van der Waals surface area contributed by atoms with Gasteiger partial charge < -0.3 is 19.8 Å². The molecule has 4 heterocycles. The zero-order valence-electron chi connectivity index (χ0n) is 44.2. The number of Topliss-reactive ketones (excluding diaryl/α,β-unsaturated/α-hetero) is 1. The fraction of sp³-hybridized carbons (Fsp3) is 0.391. The van der Waals surface area contributed by atoms with Gasteiger partial charge in [0, 0.05) is 71.1 Å². The largest absolute Gasteiger partial charge is 0.871 e. The van der Waals surface area contributed by atoms with Crippen molar-refractivity contribution in [3.63, 3.8) is 0 Å². The van der Waals surface area contributed by atoms with Crippen LogP contribution in [0.4, 0.5) is 17.1 Å². The Morgan fingerprint density at radius 1 is 0.703 bits per heavy atom. The number of carboxylic acid groups (broad SMARTS) is 1. The first-order valence-electron chi connectivity index (χ1n) is 27.3. The number of allylic oxidation sites excluding steroid dienone is 3. The van der Waals surface area contributed by atoms with E-state index >= 15 is 0 Å². The summed E-state index contributed by atoms with van der Waals surface area (Å²) in [4.78, 5) is 35.0. The van der Waals surface area contributed by atoms with Gasteiger partial charge in [0.2, 0.25) is 5.69 Å². The molecule has 386 valence electrons. The molecule has 74 heavy (non-hydrogen) atoms. The van der Waals surface area contributed by atoms with Crippen molar-refractivity contribution in [1.29, 1.82) is 0 Å². The van der Waals surface area contributed by atoms with Crippen LogP contribution in [0.25, 0.3) is 36.9 Å². The lowest BCUT2D eigenvalue weighted by molar-refractivity contribution is -0.438. The Morgan fingerprint density at radius 2 is 1.31 bits per heavy atom. The van der Waals surface area contributed by atoms with Crippen LogP contribution in [0.3, 0.4) is 0 Å². The van der Waals surface area contributed by atoms with Gasteiger partial charge in [0.1, 0.15) is 12.3 Å². The molecule has 1 atom stereocenters. The standard InChI is InChI=1S/C64H72N2O5S3/c1-7-11-14-16-17-19-36-66-50-28-25-46(63(69)70)37-49(50)64(5,6)59(66)40-48-61(67)60(62(48)68)56-34-33-55(73-56)54-32-31-53(72-54)45-24-30-52-58(39-45)74-57-38-44(23-29-51(57)65(52)35-18-15-12-8-2)43-21-26-47(27-22-43)71-41-42(10-4)20-13-9-3/h21-34,37-40,42H,7-20,35-36,41H2,1-6H3,(H-,67,68,69,70). The first-order chi connectivity index (χ1) is 35.9. The second kappa shape index (κ2) is 23.9. The number of thiophene rings is 2. The SMILES string of the molecule is CCCCCCCC[N+]1=C(C=C2C(=O)C(c3ccc(-c4ccc(-c5ccc6c(c5)Sc5cc(-c7ccc(OCC(CC)CCCC)cc7)ccc5N6CCCCCC)s4)s3)=C2[O-])C(C)(C)c2cc(C(=O)O)ccc21. The molecule has 1 aliphatic carbocycles. The summed E-state index contributed by atoms with van der Waals surface area (Å²) in [6, 6.07) is 36.0. The maximum Gasteiger partial charge on any atom is 0.335 e. The smallest absolute Gasteiger partial charge is 0.335 e. The Morgan fingerprint density at radius 3 is 1.99 bits per heavy atom. The summed E-state index contributed by atoms with van der Waals surface area (Å²) in [5.74, 6) is 0.0760. The third kappa shape index (κ3) is 11.3. The second-order valence-corrected chi connectivity index (χ2v) is 24.1. The average Bonchev–Trinajstić information content (AvgIpc) is 4.15. The maximum atomic E-state index is 14.0. The predicted octanol–water partition coefficient (Wildman–Crippen LogP) is 17.3. The Bertz CT molecular complexity index is 3100. The van der Waals surface area contributed by atoms with Crippen molar-refractivity contribution in [1.82, 2.24) is 0 Å². The van der Waals surface area contributed by atoms with Crippen molar-refractivity contribution in [2.45, 2.75) is 147 Å². The van der Waals surface area contributed by atoms with E-state index in [2.05, 4.69) is 124 Å². The lowest BCUT2D eigenvalue weighted by atomic mass is 9.78. The molecular formula is C64H72N2O5S3. The molecule has 0 amide bonds. The van der Waals surface area contributed by atoms with E-state index in [0.717, 1.165) is 94.7 Å². The third-order valence-electron chi connectivity index (χ3n) is 15.3. The number of carboxylic acids is 1. The third-order valence-corrected chi connectivity index (χ3v) is 18.8. The fourth-order valence-electron chi connectivity index (χ4n) is 10.7. The number of ketones is 1. The molecule has 9 rings (SSSR count). The van der Waals surface area contributed by atoms with E-state index in [1.54, 1.807) is 29.5 Å². The molecule has 10 heteroatoms. The number of rotatable bonds is 25. The fourth-order valence-corrected chi connectivity index (χ4v) is 14.0. The van der Waals surface area contributed by atoms with Gasteiger partial charge in [-0.05, 0) is 129 Å². The molecule has 7 nitrogen and oxygen atoms in total. The first kappa shape index (κ1) is 53.2. The quantitative estimate of drug-likeness (QED) is 0.0347. The Balaban J connectivity index is 0.934. The van der Waals surface area contributed by atoms with Crippen LogP contribution in [0, 0.1) is 5.92 Å². The second-order valence-electron chi connectivity index (χ2n) is 20.8. The van der Waals surface area contributed by atoms with Gasteiger partial charge in [-0.2, -0.15) is 4.58 Å². The molecule has 0 fully saturated rings. The van der Waals surface area contributed by atoms with Gasteiger partial charge in [-0.1, -0.05) is 134 Å². The number of nitrogens with zero attached hydrogens (tertiary/aromatic N) is 2. The number of unbranched alkanes of at least 4 members (excludes halogenated alkanes) is 9. The molecule has 0 spiro atoms. The van der Waals surface area contributed by atoms with Gasteiger partial charge in [0.25, 0.3) is 0 Å². The zero-order valence-corrected chi connectivity index (χ0v) is 46.6. The van der Waals surface area contributed by atoms with E-state index < -0.39 is 11.4 Å². The van der Waals surface area contributed by atoms with Crippen LogP contribution >= 0.6 is 34.4 Å². The molecule has 4 aromatic carbocycles. The minimum absolute atomic E-state index is 0.192. The summed E-state index contributed by atoms with van der Waals surface area (Å²) in [6.45, 7) is 15.6. The summed E-state index contributed by atoms with van der Waals surface area (Å²) in [5, 5.41) is 23.9. The summed E-state index contributed by atoms with van der Waals surface area (Å²) in [6.07, 6.45) is 18.2. The highest BCUT2D eigenvalue weighted by Gasteiger charge is 2.46. The average molecular weight is 1050 g/mol. The minimum atomic E-state index is -0.976. The number of hydrogen-bond acceptors (Lipinski definition) is 8. The summed E-state index contributed by atoms with van der Waals surface area (Å²) in [5.41, 5.74) is 8.81. The van der Waals surface area contributed by atoms with Crippen molar-refractivity contribution < 1.29 is 29.1 Å². The number of ether oxygens (including phenoxy) is 1. The summed E-state index contributed by atoms with van der Waals surface area (Å²) in [7, 11) is 0. The highest BCUT2D eigenvalue weighted by Crippen LogP contribution is 2.52. The molecule has 6 aromatic rings. The summed E-state index contributed by atoms with van der Waals surface area (Å²) >= 11 is 5.07. The Hall–Kier alpha value is -5.68. The van der Waals surface area contributed by atoms with Gasteiger partial charge in [-0.15, -0.1) is 22.7 Å². The van der Waals surface area contributed by atoms with Crippen molar-refractivity contribution in [3.8, 4) is 37.1 Å². The molecule has 0 radical (unpaired) electrons. The van der Waals surface area contributed by atoms with E-state index in [-0.39, 0.29) is 28.3 Å². The molecular weight excluding hydrogens is 973 g/mol. The van der Waals surface area contributed by atoms with E-state index in [1.165, 1.54) is 101 Å². The number of benzene rings is 4. The Labute approximate surface area is 451 Å². The first-order valence-corrected chi connectivity index (χ1v) is 29.8. The van der Waals surface area contributed by atoms with Gasteiger partial charge in [0.05, 0.1) is 29.0 Å². The van der Waals surface area contributed by atoms with Crippen LogP contribution in [0.2, 0.25) is 0 Å². The minimum Gasteiger partial charge on any atom is -0.871 e. The van der Waals surface area contributed by atoms with E-state index in [9.17, 15) is 19.8 Å². The lowest BCUT2D eigenvalue weighted by Gasteiger charge is -2.33. The van der Waals surface area contributed by atoms with Crippen molar-refractivity contribution in [2.24, 2.45) is 5.92 Å². The van der Waals surface area contributed by atoms with Gasteiger partial charge in [-0.3, -0.25) is 4.79 Å². The van der Waals surface area contributed by atoms with Crippen LogP contribution in [0.1, 0.15) is 152 Å². The van der Waals surface area contributed by atoms with Crippen LogP contribution in [-0.2, 0) is 10.2 Å². The zero-order chi connectivity index (χ0) is 51.9. The highest BCUT2D eigenvalue weighted by molar-refractivity contribution is 7.99. The maximum absolute atomic E-state index is 14.0. The summed E-state index contributed by atoms with van der Waals surface area (Å²) < 4.78 is 8.46. The topological polar surface area (TPSA) is 92.9 Å². The molecule has 1 N–H and O–H groups in total. The van der Waals surface area contributed by atoms with Crippen molar-refractivity contribution in [3.05, 3.63) is 137 Å². The van der Waals surface area contributed by atoms with Crippen molar-refractivity contribution >= 4 is 74.5 Å². The number of hydrogen-bond donors (Lipinski definition) is 1. The molecule has 0 saturated heterocycles. The van der Waals surface area contributed by atoms with Crippen LogP contribution in [0.5, 0.6) is 5.75 Å². The molecule has 2 aliphatic heterocycles. The normalized spacial score (nSPS) is 15.6. The predicted molar refractivity (Wildman–Crippen MR) is 309 cm³/mol. The van der Waals surface area contributed by atoms with Crippen LogP contribution < -0.4 is 14.7 Å². The highest BCUT2D eigenvalue weighted by atomic mass is 32.2. The molecule has 0 bridgehead atoms. The number of carbonyl (C=O) groups is 2. The number of anilines is 2. The Kier molecular flexibility index (Phi) is 17.2. The lowest BCUT2D eigenvalue weighted by Crippen LogP contribution is -2.33. The molecule has 2 aromatic heterocycles. The molecule has 0 saturated carbocycles. The monoisotopic (exact) mass is 1040 g/mol. The van der Waals surface area contributed by atoms with E-state index in [1.807, 2.05) is 30.0 Å². The number of aromatic carboxylic acids is 1.